The summed E-state index contributed by atoms with van der Waals surface area (Å²) in [5.41, 5.74) is 3.91. The lowest BCUT2D eigenvalue weighted by molar-refractivity contribution is -0.121. The highest BCUT2D eigenvalue weighted by Gasteiger charge is 2.18. The van der Waals surface area contributed by atoms with Crippen molar-refractivity contribution in [1.82, 2.24) is 19.9 Å². The highest BCUT2D eigenvalue weighted by atomic mass is 16.5. The van der Waals surface area contributed by atoms with Gasteiger partial charge in [-0.1, -0.05) is 0 Å². The third-order valence-corrected chi connectivity index (χ3v) is 5.89. The molecule has 0 bridgehead atoms. The molecule has 0 saturated carbocycles. The minimum atomic E-state index is 0.0372. The molecule has 1 atom stereocenters. The van der Waals surface area contributed by atoms with Crippen LogP contribution >= 0.6 is 0 Å². The number of H-pyrrole nitrogens is 1. The number of hydrogen-bond donors (Lipinski definition) is 2. The highest BCUT2D eigenvalue weighted by molar-refractivity contribution is 5.90. The molecule has 0 aliphatic carbocycles. The Morgan fingerprint density at radius 1 is 1.29 bits per heavy atom. The predicted octanol–water partition coefficient (Wildman–Crippen LogP) is 3.88. The van der Waals surface area contributed by atoms with E-state index in [4.69, 9.17) is 9.47 Å². The number of ether oxygens (including phenoxy) is 2. The maximum absolute atomic E-state index is 12.5. The molecule has 1 aliphatic rings. The Hall–Kier alpha value is -3.32. The first-order chi connectivity index (χ1) is 15.2. The second-order valence-electron chi connectivity index (χ2n) is 7.92. The van der Waals surface area contributed by atoms with Gasteiger partial charge in [0, 0.05) is 48.6 Å². The summed E-state index contributed by atoms with van der Waals surface area (Å²) in [6.45, 7) is 1.95. The van der Waals surface area contributed by atoms with Crippen LogP contribution in [0.3, 0.4) is 0 Å². The van der Waals surface area contributed by atoms with E-state index in [-0.39, 0.29) is 12.0 Å². The number of aryl methyl sites for hydroxylation is 1. The first kappa shape index (κ1) is 19.6. The van der Waals surface area contributed by atoms with Gasteiger partial charge in [0.15, 0.2) is 0 Å². The number of amides is 1. The summed E-state index contributed by atoms with van der Waals surface area (Å²) in [4.78, 5) is 20.3. The third kappa shape index (κ3) is 4.01. The SMILES string of the molecule is COc1ccc2c(c1)cc(-c1cc3cccnc3[nH]1)n2CCC(=O)NCC1CCCO1. The van der Waals surface area contributed by atoms with Crippen molar-refractivity contribution in [1.29, 1.82) is 0 Å². The van der Waals surface area contributed by atoms with Crippen LogP contribution in [0.15, 0.2) is 48.7 Å². The zero-order valence-corrected chi connectivity index (χ0v) is 17.6. The monoisotopic (exact) mass is 418 g/mol. The van der Waals surface area contributed by atoms with E-state index in [1.807, 2.05) is 30.3 Å². The number of carbonyl (C=O) groups excluding carboxylic acids is 1. The number of benzene rings is 1. The number of carbonyl (C=O) groups is 1. The van der Waals surface area contributed by atoms with Crippen molar-refractivity contribution in [3.63, 3.8) is 0 Å². The van der Waals surface area contributed by atoms with Gasteiger partial charge in [0.1, 0.15) is 11.4 Å². The van der Waals surface area contributed by atoms with Crippen molar-refractivity contribution < 1.29 is 14.3 Å². The molecular formula is C24H26N4O3. The summed E-state index contributed by atoms with van der Waals surface area (Å²) in [6, 6.07) is 14.2. The second kappa shape index (κ2) is 8.43. The number of nitrogens with zero attached hydrogens (tertiary/aromatic N) is 2. The molecule has 0 spiro atoms. The molecule has 1 amide bonds. The molecule has 4 aromatic rings. The van der Waals surface area contributed by atoms with E-state index >= 15 is 0 Å². The molecule has 1 fully saturated rings. The summed E-state index contributed by atoms with van der Waals surface area (Å²) in [5, 5.41) is 5.15. The van der Waals surface area contributed by atoms with E-state index in [2.05, 4.69) is 32.0 Å². The van der Waals surface area contributed by atoms with Crippen molar-refractivity contribution in [3.8, 4) is 17.1 Å². The van der Waals surface area contributed by atoms with Gasteiger partial charge in [0.25, 0.3) is 0 Å². The van der Waals surface area contributed by atoms with Gasteiger partial charge in [-0.05, 0) is 55.3 Å². The van der Waals surface area contributed by atoms with Crippen molar-refractivity contribution >= 4 is 27.8 Å². The Balaban J connectivity index is 1.43. The minimum absolute atomic E-state index is 0.0372. The van der Waals surface area contributed by atoms with Crippen LogP contribution in [0.25, 0.3) is 33.3 Å². The standard InChI is InChI=1S/C24H26N4O3/c1-30-18-6-7-21-17(12-18)14-22(20-13-16-4-2-9-25-24(16)27-20)28(21)10-8-23(29)26-15-19-5-3-11-31-19/h2,4,6-7,9,12-14,19H,3,5,8,10-11,15H2,1H3,(H,25,27)(H,26,29). The van der Waals surface area contributed by atoms with E-state index in [9.17, 15) is 4.79 Å². The molecule has 1 aliphatic heterocycles. The van der Waals surface area contributed by atoms with Gasteiger partial charge in [0.2, 0.25) is 5.91 Å². The fraction of sp³-hybridized carbons (Fsp3) is 0.333. The number of pyridine rings is 1. The lowest BCUT2D eigenvalue weighted by Gasteiger charge is -2.13. The zero-order chi connectivity index (χ0) is 21.2. The first-order valence-electron chi connectivity index (χ1n) is 10.7. The molecule has 4 heterocycles. The normalized spacial score (nSPS) is 16.2. The Morgan fingerprint density at radius 3 is 3.03 bits per heavy atom. The van der Waals surface area contributed by atoms with Gasteiger partial charge in [-0.25, -0.2) is 4.98 Å². The Labute approximate surface area is 180 Å². The Bertz CT molecular complexity index is 1190. The number of methoxy groups -OCH3 is 1. The van der Waals surface area contributed by atoms with E-state index < -0.39 is 0 Å². The largest absolute Gasteiger partial charge is 0.497 e. The predicted molar refractivity (Wildman–Crippen MR) is 120 cm³/mol. The van der Waals surface area contributed by atoms with Crippen LogP contribution in [-0.2, 0) is 16.1 Å². The van der Waals surface area contributed by atoms with E-state index in [0.29, 0.717) is 19.5 Å². The van der Waals surface area contributed by atoms with Crippen LogP contribution < -0.4 is 10.1 Å². The number of rotatable bonds is 7. The molecule has 31 heavy (non-hydrogen) atoms. The zero-order valence-electron chi connectivity index (χ0n) is 17.6. The summed E-state index contributed by atoms with van der Waals surface area (Å²) in [5.74, 6) is 0.846. The second-order valence-corrected chi connectivity index (χ2v) is 7.92. The van der Waals surface area contributed by atoms with Crippen LogP contribution in [0.2, 0.25) is 0 Å². The van der Waals surface area contributed by atoms with Crippen LogP contribution in [0.5, 0.6) is 5.75 Å². The lowest BCUT2D eigenvalue weighted by atomic mass is 10.2. The van der Waals surface area contributed by atoms with Gasteiger partial charge < -0.3 is 24.3 Å². The molecule has 7 heteroatoms. The Morgan fingerprint density at radius 2 is 2.23 bits per heavy atom. The number of nitrogens with one attached hydrogen (secondary N) is 2. The number of aromatic amines is 1. The van der Waals surface area contributed by atoms with Crippen molar-refractivity contribution in [2.75, 3.05) is 20.3 Å². The maximum Gasteiger partial charge on any atom is 0.221 e. The number of hydrogen-bond acceptors (Lipinski definition) is 4. The van der Waals surface area contributed by atoms with Crippen molar-refractivity contribution in [2.24, 2.45) is 0 Å². The molecule has 7 nitrogen and oxygen atoms in total. The molecule has 1 unspecified atom stereocenters. The number of fused-ring (bicyclic) bond motifs is 2. The third-order valence-electron chi connectivity index (χ3n) is 5.89. The quantitative estimate of drug-likeness (QED) is 0.477. The van der Waals surface area contributed by atoms with Crippen molar-refractivity contribution in [2.45, 2.75) is 31.9 Å². The van der Waals surface area contributed by atoms with Gasteiger partial charge >= 0.3 is 0 Å². The van der Waals surface area contributed by atoms with Crippen molar-refractivity contribution in [3.05, 3.63) is 48.7 Å². The van der Waals surface area contributed by atoms with Gasteiger partial charge in [0.05, 0.1) is 24.6 Å². The molecule has 2 N–H and O–H groups in total. The number of aromatic nitrogens is 3. The molecule has 3 aromatic heterocycles. The lowest BCUT2D eigenvalue weighted by Crippen LogP contribution is -2.32. The summed E-state index contributed by atoms with van der Waals surface area (Å²) in [7, 11) is 1.67. The van der Waals surface area contributed by atoms with Crippen LogP contribution in [0.4, 0.5) is 0 Å². The fourth-order valence-electron chi connectivity index (χ4n) is 4.27. The average molecular weight is 418 g/mol. The molecule has 160 valence electrons. The minimum Gasteiger partial charge on any atom is -0.497 e. The summed E-state index contributed by atoms with van der Waals surface area (Å²) in [6.07, 6.45) is 4.42. The van der Waals surface area contributed by atoms with Crippen LogP contribution in [-0.4, -0.2) is 46.8 Å². The maximum atomic E-state index is 12.5. The molecule has 5 rings (SSSR count). The smallest absolute Gasteiger partial charge is 0.221 e. The van der Waals surface area contributed by atoms with E-state index in [0.717, 1.165) is 58.5 Å². The van der Waals surface area contributed by atoms with E-state index in [1.165, 1.54) is 0 Å². The van der Waals surface area contributed by atoms with Crippen LogP contribution in [0.1, 0.15) is 19.3 Å². The molecule has 1 saturated heterocycles. The summed E-state index contributed by atoms with van der Waals surface area (Å²) < 4.78 is 13.2. The molecular weight excluding hydrogens is 392 g/mol. The van der Waals surface area contributed by atoms with E-state index in [1.54, 1.807) is 13.3 Å². The molecule has 1 aromatic carbocycles. The highest BCUT2D eigenvalue weighted by Crippen LogP contribution is 2.32. The summed E-state index contributed by atoms with van der Waals surface area (Å²) >= 11 is 0. The Kier molecular flexibility index (Phi) is 5.34. The van der Waals surface area contributed by atoms with Crippen LogP contribution in [0, 0.1) is 0 Å². The first-order valence-corrected chi connectivity index (χ1v) is 10.7. The van der Waals surface area contributed by atoms with Gasteiger partial charge in [-0.3, -0.25) is 4.79 Å². The van der Waals surface area contributed by atoms with Gasteiger partial charge in [-0.15, -0.1) is 0 Å². The molecule has 0 radical (unpaired) electrons. The van der Waals surface area contributed by atoms with Gasteiger partial charge in [-0.2, -0.15) is 0 Å². The topological polar surface area (TPSA) is 81.2 Å². The average Bonchev–Trinajstić information content (AvgIpc) is 3.53. The fourth-order valence-corrected chi connectivity index (χ4v) is 4.27.